The fraction of sp³-hybridized carbons (Fsp3) is 0.417. The molecule has 12 heteroatoms. The molecule has 0 saturated carbocycles. The van der Waals surface area contributed by atoms with E-state index in [-0.39, 0.29) is 24.5 Å². The molecule has 36 heavy (non-hydrogen) atoms. The molecule has 2 N–H and O–H groups in total. The highest BCUT2D eigenvalue weighted by Crippen LogP contribution is 2.29. The smallest absolute Gasteiger partial charge is 0.370 e. The third-order valence-electron chi connectivity index (χ3n) is 6.41. The number of amides is 2. The molecular weight excluding hydrogens is 477 g/mol. The quantitative estimate of drug-likeness (QED) is 0.473. The maximum atomic E-state index is 12.7. The van der Waals surface area contributed by atoms with Crippen LogP contribution >= 0.6 is 0 Å². The molecule has 2 aromatic heterocycles. The number of nitrogens with two attached hydrogens (primary N) is 1. The topological polar surface area (TPSA) is 107 Å². The van der Waals surface area contributed by atoms with E-state index in [0.29, 0.717) is 44.6 Å². The Labute approximate surface area is 205 Å². The highest BCUT2D eigenvalue weighted by atomic mass is 19.4. The first-order valence-corrected chi connectivity index (χ1v) is 11.5. The second-order valence-electron chi connectivity index (χ2n) is 8.69. The number of benzene rings is 1. The Morgan fingerprint density at radius 1 is 1.17 bits per heavy atom. The predicted octanol–water partition coefficient (Wildman–Crippen LogP) is 2.69. The molecule has 2 amide bonds. The Bertz CT molecular complexity index is 1220. The average molecular weight is 505 g/mol. The van der Waals surface area contributed by atoms with Gasteiger partial charge in [-0.15, -0.1) is 0 Å². The maximum Gasteiger partial charge on any atom is 0.419 e. The minimum Gasteiger partial charge on any atom is -0.370 e. The molecule has 0 radical (unpaired) electrons. The van der Waals surface area contributed by atoms with E-state index >= 15 is 0 Å². The van der Waals surface area contributed by atoms with Gasteiger partial charge in [-0.05, 0) is 36.4 Å². The van der Waals surface area contributed by atoms with Gasteiger partial charge < -0.3 is 24.8 Å². The van der Waals surface area contributed by atoms with Crippen LogP contribution in [0, 0.1) is 0 Å². The molecule has 0 unspecified atom stereocenters. The number of fused-ring (bicyclic) bond motifs is 1. The molecule has 0 bridgehead atoms. The zero-order chi connectivity index (χ0) is 25.9. The number of piperidine rings is 1. The minimum atomic E-state index is -4.47. The van der Waals surface area contributed by atoms with Crippen molar-refractivity contribution in [1.29, 1.82) is 0 Å². The molecule has 4 rings (SSSR count). The van der Waals surface area contributed by atoms with Crippen molar-refractivity contribution in [2.24, 2.45) is 5.73 Å². The Kier molecular flexibility index (Phi) is 7.43. The fourth-order valence-corrected chi connectivity index (χ4v) is 4.24. The lowest BCUT2D eigenvalue weighted by molar-refractivity contribution is -0.138. The van der Waals surface area contributed by atoms with E-state index in [1.54, 1.807) is 24.1 Å². The van der Waals surface area contributed by atoms with Crippen molar-refractivity contribution in [3.05, 3.63) is 54.0 Å². The van der Waals surface area contributed by atoms with E-state index in [0.717, 1.165) is 23.3 Å². The van der Waals surface area contributed by atoms with Crippen molar-refractivity contribution < 1.29 is 27.5 Å². The number of aromatic nitrogens is 3. The Hall–Kier alpha value is -3.67. The number of hydrogen-bond acceptors (Lipinski definition) is 6. The number of rotatable bonds is 8. The maximum absolute atomic E-state index is 12.7. The third kappa shape index (κ3) is 5.76. The summed E-state index contributed by atoms with van der Waals surface area (Å²) in [5.74, 6) is -0.390. The van der Waals surface area contributed by atoms with E-state index < -0.39 is 17.6 Å². The summed E-state index contributed by atoms with van der Waals surface area (Å²) in [6, 6.07) is 7.17. The molecule has 0 spiro atoms. The number of halogens is 3. The fourth-order valence-electron chi connectivity index (χ4n) is 4.24. The summed E-state index contributed by atoms with van der Waals surface area (Å²) in [4.78, 5) is 35.2. The van der Waals surface area contributed by atoms with Crippen molar-refractivity contribution in [3.63, 3.8) is 0 Å². The minimum absolute atomic E-state index is 0.00703. The number of ether oxygens (including phenoxy) is 1. The molecule has 192 valence electrons. The molecular formula is C24H27F3N6O3. The van der Waals surface area contributed by atoms with Gasteiger partial charge in [0.1, 0.15) is 6.61 Å². The first-order valence-electron chi connectivity index (χ1n) is 11.5. The Morgan fingerprint density at radius 3 is 2.50 bits per heavy atom. The zero-order valence-electron chi connectivity index (χ0n) is 19.7. The molecule has 3 heterocycles. The lowest BCUT2D eigenvalue weighted by atomic mass is 10.0. The van der Waals surface area contributed by atoms with E-state index in [1.807, 2.05) is 27.8 Å². The van der Waals surface area contributed by atoms with Crippen molar-refractivity contribution in [2.45, 2.75) is 31.6 Å². The summed E-state index contributed by atoms with van der Waals surface area (Å²) < 4.78 is 45.7. The van der Waals surface area contributed by atoms with Gasteiger partial charge in [-0.2, -0.15) is 13.2 Å². The summed E-state index contributed by atoms with van der Waals surface area (Å²) in [5.41, 5.74) is 5.77. The molecule has 1 aliphatic rings. The third-order valence-corrected chi connectivity index (χ3v) is 6.41. The van der Waals surface area contributed by atoms with Gasteiger partial charge >= 0.3 is 6.18 Å². The first kappa shape index (κ1) is 25.4. The first-order chi connectivity index (χ1) is 17.1. The Balaban J connectivity index is 1.22. The van der Waals surface area contributed by atoms with Gasteiger partial charge in [0.15, 0.2) is 0 Å². The summed E-state index contributed by atoms with van der Waals surface area (Å²) in [6.07, 6.45) is 0.277. The zero-order valence-corrected chi connectivity index (χ0v) is 19.7. The van der Waals surface area contributed by atoms with Gasteiger partial charge in [0.05, 0.1) is 12.2 Å². The molecule has 3 aromatic rings. The van der Waals surface area contributed by atoms with Crippen LogP contribution in [0.5, 0.6) is 0 Å². The van der Waals surface area contributed by atoms with E-state index in [9.17, 15) is 22.8 Å². The molecule has 1 fully saturated rings. The lowest BCUT2D eigenvalue weighted by Crippen LogP contribution is -2.47. The van der Waals surface area contributed by atoms with Gasteiger partial charge in [0.2, 0.25) is 17.8 Å². The van der Waals surface area contributed by atoms with Crippen molar-refractivity contribution in [3.8, 4) is 0 Å². The van der Waals surface area contributed by atoms with Crippen molar-refractivity contribution in [1.82, 2.24) is 19.4 Å². The van der Waals surface area contributed by atoms with Crippen LogP contribution in [0.1, 0.15) is 28.8 Å². The van der Waals surface area contributed by atoms with Crippen LogP contribution in [0.3, 0.4) is 0 Å². The summed E-state index contributed by atoms with van der Waals surface area (Å²) in [7, 11) is 1.73. The number of carbonyl (C=O) groups is 2. The van der Waals surface area contributed by atoms with Crippen LogP contribution in [-0.4, -0.2) is 70.6 Å². The number of primary amides is 1. The second kappa shape index (κ2) is 10.5. The highest BCUT2D eigenvalue weighted by molar-refractivity contribution is 5.97. The van der Waals surface area contributed by atoms with Crippen LogP contribution in [0.25, 0.3) is 10.9 Å². The number of carbonyl (C=O) groups excluding carboxylic acids is 2. The van der Waals surface area contributed by atoms with Gasteiger partial charge in [0, 0.05) is 62.4 Å². The van der Waals surface area contributed by atoms with Crippen LogP contribution in [0.2, 0.25) is 0 Å². The van der Waals surface area contributed by atoms with Crippen LogP contribution in [-0.2, 0) is 22.3 Å². The SMILES string of the molecule is CN(C(=O)COCCn1ccc2ccc(C(N)=O)cc21)C1CCN(c2ncc(C(F)(F)F)cn2)CC1. The largest absolute Gasteiger partial charge is 0.419 e. The molecule has 1 saturated heterocycles. The van der Waals surface area contributed by atoms with Crippen LogP contribution in [0.15, 0.2) is 42.9 Å². The van der Waals surface area contributed by atoms with Gasteiger partial charge in [0.25, 0.3) is 0 Å². The Morgan fingerprint density at radius 2 is 1.86 bits per heavy atom. The number of hydrogen-bond donors (Lipinski definition) is 1. The predicted molar refractivity (Wildman–Crippen MR) is 126 cm³/mol. The number of alkyl halides is 3. The summed E-state index contributed by atoms with van der Waals surface area (Å²) >= 11 is 0. The van der Waals surface area contributed by atoms with Gasteiger partial charge in [-0.25, -0.2) is 9.97 Å². The van der Waals surface area contributed by atoms with Gasteiger partial charge in [-0.3, -0.25) is 9.59 Å². The van der Waals surface area contributed by atoms with E-state index in [4.69, 9.17) is 10.5 Å². The summed E-state index contributed by atoms with van der Waals surface area (Å²) in [6.45, 7) is 1.82. The molecule has 0 aliphatic carbocycles. The molecule has 0 atom stereocenters. The standard InChI is InChI=1S/C24H27F3N6O3/c1-31(19-5-8-33(9-6-19)23-29-13-18(14-30-23)24(25,26)27)21(34)15-36-11-10-32-7-4-16-2-3-17(22(28)35)12-20(16)32/h2-4,7,12-14,19H,5-6,8-11,15H2,1H3,(H2,28,35). The molecule has 1 aromatic carbocycles. The summed E-state index contributed by atoms with van der Waals surface area (Å²) in [5, 5.41) is 0.976. The number of anilines is 1. The number of nitrogens with zero attached hydrogens (tertiary/aromatic N) is 5. The van der Waals surface area contributed by atoms with Gasteiger partial charge in [-0.1, -0.05) is 6.07 Å². The van der Waals surface area contributed by atoms with E-state index in [1.165, 1.54) is 0 Å². The van der Waals surface area contributed by atoms with Crippen molar-refractivity contribution in [2.75, 3.05) is 38.3 Å². The average Bonchev–Trinajstić information content (AvgIpc) is 3.28. The van der Waals surface area contributed by atoms with Crippen molar-refractivity contribution >= 4 is 28.7 Å². The second-order valence-corrected chi connectivity index (χ2v) is 8.69. The molecule has 1 aliphatic heterocycles. The van der Waals surface area contributed by atoms with Crippen LogP contribution < -0.4 is 10.6 Å². The van der Waals surface area contributed by atoms with Crippen LogP contribution in [0.4, 0.5) is 19.1 Å². The lowest BCUT2D eigenvalue weighted by Gasteiger charge is -2.36. The normalized spacial score (nSPS) is 14.8. The number of likely N-dealkylation sites (N-methyl/N-ethyl adjacent to an activating group) is 1. The highest BCUT2D eigenvalue weighted by Gasteiger charge is 2.32. The van der Waals surface area contributed by atoms with E-state index in [2.05, 4.69) is 9.97 Å². The monoisotopic (exact) mass is 504 g/mol. The molecule has 9 nitrogen and oxygen atoms in total.